The van der Waals surface area contributed by atoms with Crippen LogP contribution in [0.25, 0.3) is 0 Å². The van der Waals surface area contributed by atoms with Gasteiger partial charge in [0.1, 0.15) is 5.37 Å². The Labute approximate surface area is 136 Å². The molecule has 1 amide bonds. The number of rotatable bonds is 3. The second-order valence-corrected chi connectivity index (χ2v) is 7.42. The molecule has 1 fully saturated rings. The minimum Gasteiger partial charge on any atom is -0.295 e. The van der Waals surface area contributed by atoms with Crippen molar-refractivity contribution in [3.05, 3.63) is 65.7 Å². The molecule has 0 N–H and O–H groups in total. The molecule has 2 nitrogen and oxygen atoms in total. The van der Waals surface area contributed by atoms with E-state index in [1.807, 2.05) is 30.0 Å². The first kappa shape index (κ1) is 15.2. The number of benzene rings is 2. The van der Waals surface area contributed by atoms with Crippen LogP contribution >= 0.6 is 11.8 Å². The molecule has 0 spiro atoms. The van der Waals surface area contributed by atoms with Crippen LogP contribution in [0.3, 0.4) is 0 Å². The van der Waals surface area contributed by atoms with Gasteiger partial charge >= 0.3 is 0 Å². The number of carbonyl (C=O) groups excluding carboxylic acids is 1. The van der Waals surface area contributed by atoms with Crippen LogP contribution in [0.15, 0.2) is 54.6 Å². The molecule has 114 valence electrons. The summed E-state index contributed by atoms with van der Waals surface area (Å²) < 4.78 is 0. The Kier molecular flexibility index (Phi) is 4.25. The lowest BCUT2D eigenvalue weighted by molar-refractivity contribution is -0.117. The molecule has 1 saturated heterocycles. The number of nitrogens with zero attached hydrogens (tertiary/aromatic N) is 1. The van der Waals surface area contributed by atoms with Gasteiger partial charge in [-0.1, -0.05) is 56.3 Å². The molecule has 0 aromatic heterocycles. The molecule has 2 aromatic rings. The highest BCUT2D eigenvalue weighted by molar-refractivity contribution is 8.01. The largest absolute Gasteiger partial charge is 0.295 e. The van der Waals surface area contributed by atoms with Crippen molar-refractivity contribution in [3.63, 3.8) is 0 Å². The summed E-state index contributed by atoms with van der Waals surface area (Å²) in [5.74, 6) is 0.692. The fourth-order valence-electron chi connectivity index (χ4n) is 2.75. The van der Waals surface area contributed by atoms with Crippen LogP contribution in [-0.2, 0) is 4.79 Å². The Balaban J connectivity index is 1.96. The lowest BCUT2D eigenvalue weighted by Gasteiger charge is -2.24. The Morgan fingerprint density at radius 1 is 1.00 bits per heavy atom. The van der Waals surface area contributed by atoms with Gasteiger partial charge in [0.2, 0.25) is 5.91 Å². The molecule has 0 aliphatic carbocycles. The third-order valence-corrected chi connectivity index (χ3v) is 5.43. The fourth-order valence-corrected chi connectivity index (χ4v) is 4.03. The van der Waals surface area contributed by atoms with E-state index >= 15 is 0 Å². The maximum atomic E-state index is 12.6. The van der Waals surface area contributed by atoms with E-state index < -0.39 is 0 Å². The van der Waals surface area contributed by atoms with E-state index in [1.165, 1.54) is 11.1 Å². The van der Waals surface area contributed by atoms with Gasteiger partial charge in [0.05, 0.1) is 5.25 Å². The van der Waals surface area contributed by atoms with Crippen LogP contribution < -0.4 is 4.90 Å². The quantitative estimate of drug-likeness (QED) is 0.797. The number of hydrogen-bond acceptors (Lipinski definition) is 2. The Morgan fingerprint density at radius 3 is 2.23 bits per heavy atom. The Morgan fingerprint density at radius 2 is 1.64 bits per heavy atom. The van der Waals surface area contributed by atoms with Crippen LogP contribution in [0.4, 0.5) is 5.69 Å². The lowest BCUT2D eigenvalue weighted by atomic mass is 10.0. The van der Waals surface area contributed by atoms with E-state index in [1.54, 1.807) is 11.8 Å². The van der Waals surface area contributed by atoms with Crippen LogP contribution in [0.5, 0.6) is 0 Å². The normalized spacial score (nSPS) is 21.6. The second-order valence-electron chi connectivity index (χ2n) is 6.00. The van der Waals surface area contributed by atoms with E-state index in [9.17, 15) is 4.79 Å². The molecule has 22 heavy (non-hydrogen) atoms. The first-order valence-corrected chi connectivity index (χ1v) is 8.65. The molecule has 0 saturated carbocycles. The summed E-state index contributed by atoms with van der Waals surface area (Å²) in [6, 6.07) is 18.7. The molecule has 1 heterocycles. The summed E-state index contributed by atoms with van der Waals surface area (Å²) in [4.78, 5) is 14.6. The third-order valence-electron chi connectivity index (χ3n) is 4.08. The SMILES string of the molecule is CC(C)c1ccc(N2C(=O)[C@@H](C)S[C@@H]2c2ccccc2)cc1. The predicted molar refractivity (Wildman–Crippen MR) is 94.3 cm³/mol. The zero-order chi connectivity index (χ0) is 15.7. The first-order chi connectivity index (χ1) is 10.6. The summed E-state index contributed by atoms with van der Waals surface area (Å²) in [6.07, 6.45) is 0. The molecule has 3 heteroatoms. The van der Waals surface area contributed by atoms with Crippen molar-refractivity contribution in [2.75, 3.05) is 4.90 Å². The average molecular weight is 311 g/mol. The van der Waals surface area contributed by atoms with Gasteiger partial charge in [0.15, 0.2) is 0 Å². The standard InChI is InChI=1S/C19H21NOS/c1-13(2)15-9-11-17(12-10-15)20-18(21)14(3)22-19(20)16-7-5-4-6-8-16/h4-14,19H,1-3H3/t14-,19-/m1/s1. The molecule has 1 aliphatic heterocycles. The smallest absolute Gasteiger partial charge is 0.241 e. The van der Waals surface area contributed by atoms with Crippen LogP contribution in [0.1, 0.15) is 43.2 Å². The predicted octanol–water partition coefficient (Wildman–Crippen LogP) is 4.98. The molecular formula is C19H21NOS. The molecule has 2 atom stereocenters. The van der Waals surface area contributed by atoms with Gasteiger partial charge in [0, 0.05) is 5.69 Å². The molecule has 1 aliphatic rings. The second kappa shape index (κ2) is 6.17. The van der Waals surface area contributed by atoms with E-state index in [-0.39, 0.29) is 16.5 Å². The van der Waals surface area contributed by atoms with Gasteiger partial charge in [-0.25, -0.2) is 0 Å². The van der Waals surface area contributed by atoms with Crippen molar-refractivity contribution in [2.24, 2.45) is 0 Å². The molecule has 2 aromatic carbocycles. The Hall–Kier alpha value is -1.74. The lowest BCUT2D eigenvalue weighted by Crippen LogP contribution is -2.30. The highest BCUT2D eigenvalue weighted by Crippen LogP contribution is 2.45. The zero-order valence-corrected chi connectivity index (χ0v) is 14.0. The van der Waals surface area contributed by atoms with Crippen molar-refractivity contribution in [1.82, 2.24) is 0 Å². The average Bonchev–Trinajstić information content (AvgIpc) is 2.84. The van der Waals surface area contributed by atoms with Gasteiger partial charge < -0.3 is 0 Å². The highest BCUT2D eigenvalue weighted by Gasteiger charge is 2.39. The molecule has 0 bridgehead atoms. The van der Waals surface area contributed by atoms with Crippen molar-refractivity contribution < 1.29 is 4.79 Å². The number of anilines is 1. The first-order valence-electron chi connectivity index (χ1n) is 7.71. The van der Waals surface area contributed by atoms with Crippen LogP contribution in [-0.4, -0.2) is 11.2 Å². The summed E-state index contributed by atoms with van der Waals surface area (Å²) >= 11 is 1.72. The van der Waals surface area contributed by atoms with Crippen LogP contribution in [0, 0.1) is 0 Å². The minimum absolute atomic E-state index is 0.00465. The van der Waals surface area contributed by atoms with Crippen molar-refractivity contribution in [2.45, 2.75) is 37.3 Å². The monoisotopic (exact) mass is 311 g/mol. The number of amides is 1. The summed E-state index contributed by atoms with van der Waals surface area (Å²) in [5, 5.41) is 0.0589. The fraction of sp³-hybridized carbons (Fsp3) is 0.316. The van der Waals surface area contributed by atoms with Crippen molar-refractivity contribution in [3.8, 4) is 0 Å². The summed E-state index contributed by atoms with van der Waals surface area (Å²) in [5.41, 5.74) is 3.46. The number of thioether (sulfide) groups is 1. The van der Waals surface area contributed by atoms with Gasteiger partial charge in [-0.05, 0) is 36.1 Å². The minimum atomic E-state index is -0.00465. The topological polar surface area (TPSA) is 20.3 Å². The Bertz CT molecular complexity index is 651. The molecular weight excluding hydrogens is 290 g/mol. The maximum Gasteiger partial charge on any atom is 0.241 e. The summed E-state index contributed by atoms with van der Waals surface area (Å²) in [7, 11) is 0. The molecule has 3 rings (SSSR count). The van der Waals surface area contributed by atoms with E-state index in [2.05, 4.69) is 50.2 Å². The molecule has 0 radical (unpaired) electrons. The third kappa shape index (κ3) is 2.78. The van der Waals surface area contributed by atoms with Gasteiger partial charge in [-0.15, -0.1) is 11.8 Å². The van der Waals surface area contributed by atoms with Crippen molar-refractivity contribution in [1.29, 1.82) is 0 Å². The van der Waals surface area contributed by atoms with Gasteiger partial charge in [-0.3, -0.25) is 9.69 Å². The van der Waals surface area contributed by atoms with E-state index in [4.69, 9.17) is 0 Å². The number of hydrogen-bond donors (Lipinski definition) is 0. The highest BCUT2D eigenvalue weighted by atomic mass is 32.2. The maximum absolute atomic E-state index is 12.6. The number of carbonyl (C=O) groups is 1. The molecule has 0 unspecified atom stereocenters. The van der Waals surface area contributed by atoms with Gasteiger partial charge in [-0.2, -0.15) is 0 Å². The van der Waals surface area contributed by atoms with E-state index in [0.717, 1.165) is 5.69 Å². The summed E-state index contributed by atoms with van der Waals surface area (Å²) in [6.45, 7) is 6.35. The van der Waals surface area contributed by atoms with E-state index in [0.29, 0.717) is 5.92 Å². The zero-order valence-electron chi connectivity index (χ0n) is 13.2. The van der Waals surface area contributed by atoms with Crippen LogP contribution in [0.2, 0.25) is 0 Å². The van der Waals surface area contributed by atoms with Gasteiger partial charge in [0.25, 0.3) is 0 Å². The van der Waals surface area contributed by atoms with Crippen molar-refractivity contribution >= 4 is 23.4 Å².